The SMILES string of the molecule is CC1CN(c2c(C=O)cc(CCC(=O)O)c(F)c2F)CC(C)O1. The molecule has 2 rings (SSSR count). The number of benzene rings is 1. The van der Waals surface area contributed by atoms with E-state index in [1.54, 1.807) is 4.90 Å². The number of carbonyl (C=O) groups is 2. The van der Waals surface area contributed by atoms with Crippen LogP contribution in [-0.2, 0) is 16.0 Å². The zero-order valence-electron chi connectivity index (χ0n) is 13.0. The normalized spacial score (nSPS) is 21.3. The van der Waals surface area contributed by atoms with Crippen molar-refractivity contribution in [3.05, 3.63) is 28.8 Å². The Kier molecular flexibility index (Phi) is 5.30. The Morgan fingerprint density at radius 2 is 1.96 bits per heavy atom. The number of rotatable bonds is 5. The largest absolute Gasteiger partial charge is 0.481 e. The lowest BCUT2D eigenvalue weighted by atomic mass is 10.0. The number of carboxylic acids is 1. The maximum Gasteiger partial charge on any atom is 0.303 e. The highest BCUT2D eigenvalue weighted by molar-refractivity contribution is 5.85. The quantitative estimate of drug-likeness (QED) is 0.841. The van der Waals surface area contributed by atoms with Crippen molar-refractivity contribution in [3.63, 3.8) is 0 Å². The van der Waals surface area contributed by atoms with Crippen LogP contribution < -0.4 is 4.90 Å². The van der Waals surface area contributed by atoms with Crippen LogP contribution in [0.1, 0.15) is 36.2 Å². The summed E-state index contributed by atoms with van der Waals surface area (Å²) in [7, 11) is 0. The molecule has 0 spiro atoms. The van der Waals surface area contributed by atoms with E-state index in [-0.39, 0.29) is 41.9 Å². The lowest BCUT2D eigenvalue weighted by molar-refractivity contribution is -0.136. The molecule has 1 fully saturated rings. The van der Waals surface area contributed by atoms with Crippen molar-refractivity contribution >= 4 is 17.9 Å². The fourth-order valence-electron chi connectivity index (χ4n) is 2.89. The molecule has 1 aliphatic heterocycles. The Bertz CT molecular complexity index is 611. The van der Waals surface area contributed by atoms with E-state index in [9.17, 15) is 18.4 Å². The molecule has 126 valence electrons. The van der Waals surface area contributed by atoms with E-state index in [1.807, 2.05) is 13.8 Å². The first-order chi connectivity index (χ1) is 10.8. The molecule has 0 bridgehead atoms. The number of carbonyl (C=O) groups excluding carboxylic acids is 1. The zero-order chi connectivity index (χ0) is 17.1. The molecule has 5 nitrogen and oxygen atoms in total. The van der Waals surface area contributed by atoms with Gasteiger partial charge in [0.2, 0.25) is 0 Å². The number of carboxylic acid groups (broad SMARTS) is 1. The summed E-state index contributed by atoms with van der Waals surface area (Å²) in [6.45, 7) is 4.32. The van der Waals surface area contributed by atoms with Gasteiger partial charge in [-0.1, -0.05) is 0 Å². The highest BCUT2D eigenvalue weighted by Crippen LogP contribution is 2.31. The van der Waals surface area contributed by atoms with Crippen molar-refractivity contribution in [1.82, 2.24) is 0 Å². The molecule has 1 aromatic carbocycles. The summed E-state index contributed by atoms with van der Waals surface area (Å²) in [6.07, 6.45) is -0.387. The van der Waals surface area contributed by atoms with E-state index >= 15 is 0 Å². The second kappa shape index (κ2) is 7.04. The van der Waals surface area contributed by atoms with Gasteiger partial charge in [0.25, 0.3) is 0 Å². The Morgan fingerprint density at radius 1 is 1.35 bits per heavy atom. The highest BCUT2D eigenvalue weighted by Gasteiger charge is 2.28. The number of ether oxygens (including phenoxy) is 1. The van der Waals surface area contributed by atoms with Crippen molar-refractivity contribution in [3.8, 4) is 0 Å². The number of aliphatic carboxylic acids is 1. The van der Waals surface area contributed by atoms with Crippen molar-refractivity contribution < 1.29 is 28.2 Å². The molecule has 1 aromatic rings. The highest BCUT2D eigenvalue weighted by atomic mass is 19.2. The van der Waals surface area contributed by atoms with Crippen LogP contribution in [0.25, 0.3) is 0 Å². The molecule has 0 radical (unpaired) electrons. The van der Waals surface area contributed by atoms with Gasteiger partial charge in [0.15, 0.2) is 17.9 Å². The minimum atomic E-state index is -1.11. The summed E-state index contributed by atoms with van der Waals surface area (Å²) in [6, 6.07) is 1.23. The van der Waals surface area contributed by atoms with E-state index < -0.39 is 17.6 Å². The van der Waals surface area contributed by atoms with Gasteiger partial charge in [-0.25, -0.2) is 8.78 Å². The van der Waals surface area contributed by atoms with Gasteiger partial charge in [-0.15, -0.1) is 0 Å². The topological polar surface area (TPSA) is 66.8 Å². The predicted molar refractivity (Wildman–Crippen MR) is 79.9 cm³/mol. The van der Waals surface area contributed by atoms with Crippen LogP contribution >= 0.6 is 0 Å². The van der Waals surface area contributed by atoms with Gasteiger partial charge in [-0.2, -0.15) is 0 Å². The molecular weight excluding hydrogens is 308 g/mol. The molecule has 0 amide bonds. The summed E-state index contributed by atoms with van der Waals surface area (Å²) >= 11 is 0. The summed E-state index contributed by atoms with van der Waals surface area (Å²) in [5.74, 6) is -3.33. The molecule has 1 saturated heterocycles. The van der Waals surface area contributed by atoms with Gasteiger partial charge >= 0.3 is 5.97 Å². The van der Waals surface area contributed by atoms with Crippen LogP contribution in [0.15, 0.2) is 6.07 Å². The van der Waals surface area contributed by atoms with Gasteiger partial charge in [-0.05, 0) is 31.9 Å². The Labute approximate surface area is 132 Å². The van der Waals surface area contributed by atoms with Gasteiger partial charge in [0, 0.05) is 25.1 Å². The fraction of sp³-hybridized carbons (Fsp3) is 0.500. The summed E-state index contributed by atoms with van der Waals surface area (Å²) in [5, 5.41) is 8.67. The molecule has 0 aromatic heterocycles. The number of hydrogen-bond acceptors (Lipinski definition) is 4. The van der Waals surface area contributed by atoms with E-state index in [0.717, 1.165) is 0 Å². The lowest BCUT2D eigenvalue weighted by Gasteiger charge is -2.37. The smallest absolute Gasteiger partial charge is 0.303 e. The molecule has 0 aliphatic carbocycles. The van der Waals surface area contributed by atoms with Gasteiger partial charge < -0.3 is 14.7 Å². The predicted octanol–water partition coefficient (Wildman–Crippen LogP) is 2.41. The Morgan fingerprint density at radius 3 is 2.48 bits per heavy atom. The minimum Gasteiger partial charge on any atom is -0.481 e. The first-order valence-electron chi connectivity index (χ1n) is 7.41. The molecule has 0 saturated carbocycles. The van der Waals surface area contributed by atoms with Crippen LogP contribution in [0, 0.1) is 11.6 Å². The molecule has 2 unspecified atom stereocenters. The van der Waals surface area contributed by atoms with Crippen LogP contribution in [0.2, 0.25) is 0 Å². The second-order valence-electron chi connectivity index (χ2n) is 5.78. The number of aryl methyl sites for hydroxylation is 1. The molecule has 7 heteroatoms. The van der Waals surface area contributed by atoms with Crippen LogP contribution in [-0.4, -0.2) is 42.7 Å². The number of anilines is 1. The van der Waals surface area contributed by atoms with Crippen LogP contribution in [0.4, 0.5) is 14.5 Å². The average molecular weight is 327 g/mol. The van der Waals surface area contributed by atoms with E-state index in [2.05, 4.69) is 0 Å². The minimum absolute atomic E-state index is 0.0191. The van der Waals surface area contributed by atoms with Crippen molar-refractivity contribution in [2.24, 2.45) is 0 Å². The third kappa shape index (κ3) is 3.85. The third-order valence-electron chi connectivity index (χ3n) is 3.76. The van der Waals surface area contributed by atoms with E-state index in [0.29, 0.717) is 19.4 Å². The molecule has 2 atom stereocenters. The number of halogens is 2. The standard InChI is InChI=1S/C16H19F2NO4/c1-9-6-19(7-10(2)23-9)16-12(8-20)5-11(3-4-13(21)22)14(17)15(16)18/h5,8-10H,3-4,6-7H2,1-2H3,(H,21,22). The molecule has 1 aliphatic rings. The lowest BCUT2D eigenvalue weighted by Crippen LogP contribution is -2.46. The summed E-state index contributed by atoms with van der Waals surface area (Å²) in [4.78, 5) is 23.5. The Balaban J connectivity index is 2.41. The van der Waals surface area contributed by atoms with Gasteiger partial charge in [-0.3, -0.25) is 9.59 Å². The first kappa shape index (κ1) is 17.3. The van der Waals surface area contributed by atoms with E-state index in [1.165, 1.54) is 6.07 Å². The average Bonchev–Trinajstić information content (AvgIpc) is 2.47. The second-order valence-corrected chi connectivity index (χ2v) is 5.78. The Hall–Kier alpha value is -2.02. The fourth-order valence-corrected chi connectivity index (χ4v) is 2.89. The molecule has 1 heterocycles. The monoisotopic (exact) mass is 327 g/mol. The molecule has 23 heavy (non-hydrogen) atoms. The number of hydrogen-bond donors (Lipinski definition) is 1. The van der Waals surface area contributed by atoms with Crippen molar-refractivity contribution in [2.45, 2.75) is 38.9 Å². The summed E-state index contributed by atoms with van der Waals surface area (Å²) < 4.78 is 34.3. The third-order valence-corrected chi connectivity index (χ3v) is 3.76. The summed E-state index contributed by atoms with van der Waals surface area (Å²) in [5.41, 5.74) is -0.172. The van der Waals surface area contributed by atoms with Crippen LogP contribution in [0.5, 0.6) is 0 Å². The maximum absolute atomic E-state index is 14.5. The molecule has 1 N–H and O–H groups in total. The zero-order valence-corrected chi connectivity index (χ0v) is 13.0. The first-order valence-corrected chi connectivity index (χ1v) is 7.41. The number of nitrogens with zero attached hydrogens (tertiary/aromatic N) is 1. The molecular formula is C16H19F2NO4. The maximum atomic E-state index is 14.5. The van der Waals surface area contributed by atoms with Gasteiger partial charge in [0.1, 0.15) is 0 Å². The number of morpholine rings is 1. The van der Waals surface area contributed by atoms with E-state index in [4.69, 9.17) is 9.84 Å². The van der Waals surface area contributed by atoms with Crippen molar-refractivity contribution in [1.29, 1.82) is 0 Å². The van der Waals surface area contributed by atoms with Crippen molar-refractivity contribution in [2.75, 3.05) is 18.0 Å². The van der Waals surface area contributed by atoms with Gasteiger partial charge in [0.05, 0.1) is 17.9 Å². The number of aldehydes is 1. The van der Waals surface area contributed by atoms with Crippen LogP contribution in [0.3, 0.4) is 0 Å².